The molecule has 0 spiro atoms. The fourth-order valence-electron chi connectivity index (χ4n) is 4.30. The smallest absolute Gasteiger partial charge is 0.306 e. The molecule has 3 rings (SSSR count). The van der Waals surface area contributed by atoms with Gasteiger partial charge in [0.15, 0.2) is 5.79 Å². The van der Waals surface area contributed by atoms with Gasteiger partial charge in [0.25, 0.3) is 0 Å². The topological polar surface area (TPSA) is 54.0 Å². The van der Waals surface area contributed by atoms with Crippen molar-refractivity contribution in [3.8, 4) is 5.75 Å². The average molecular weight is 461 g/mol. The van der Waals surface area contributed by atoms with Crippen LogP contribution in [0.2, 0.25) is 18.1 Å². The summed E-state index contributed by atoms with van der Waals surface area (Å²) in [5, 5.41) is 0.148. The summed E-state index contributed by atoms with van der Waals surface area (Å²) in [6.45, 7) is 17.4. The number of allylic oxidation sites excluding steroid dienone is 1. The van der Waals surface area contributed by atoms with Crippen molar-refractivity contribution in [2.45, 2.75) is 96.9 Å². The zero-order chi connectivity index (χ0) is 23.7. The second-order valence-electron chi connectivity index (χ2n) is 11.0. The molecule has 0 radical (unpaired) electrons. The van der Waals surface area contributed by atoms with Crippen LogP contribution in [0.1, 0.15) is 59.9 Å². The SMILES string of the molecule is C/C=C1\[C@H](CC(=O)OCCc2cccc(O[Si](C)(C)C(C)(C)C)c2)C[C@H]2OC(C)(C)O[C@@H]12. The van der Waals surface area contributed by atoms with E-state index in [-0.39, 0.29) is 29.1 Å². The van der Waals surface area contributed by atoms with E-state index in [1.54, 1.807) is 0 Å². The third kappa shape index (κ3) is 5.83. The summed E-state index contributed by atoms with van der Waals surface area (Å²) >= 11 is 0. The second kappa shape index (κ2) is 9.32. The lowest BCUT2D eigenvalue weighted by atomic mass is 9.98. The van der Waals surface area contributed by atoms with E-state index in [1.165, 1.54) is 0 Å². The van der Waals surface area contributed by atoms with Gasteiger partial charge in [0.05, 0.1) is 19.1 Å². The molecule has 1 saturated heterocycles. The molecule has 0 bridgehead atoms. The number of carbonyl (C=O) groups is 1. The summed E-state index contributed by atoms with van der Waals surface area (Å²) in [7, 11) is -1.88. The summed E-state index contributed by atoms with van der Waals surface area (Å²) in [6.07, 6.45) is 3.90. The van der Waals surface area contributed by atoms with Gasteiger partial charge in [-0.3, -0.25) is 4.79 Å². The number of hydrogen-bond acceptors (Lipinski definition) is 5. The van der Waals surface area contributed by atoms with E-state index in [0.29, 0.717) is 19.4 Å². The van der Waals surface area contributed by atoms with Crippen molar-refractivity contribution in [3.05, 3.63) is 41.5 Å². The van der Waals surface area contributed by atoms with Gasteiger partial charge in [-0.25, -0.2) is 0 Å². The van der Waals surface area contributed by atoms with Crippen LogP contribution in [-0.4, -0.2) is 38.9 Å². The number of fused-ring (bicyclic) bond motifs is 1. The van der Waals surface area contributed by atoms with Crippen molar-refractivity contribution < 1.29 is 23.4 Å². The molecule has 178 valence electrons. The Kier molecular flexibility index (Phi) is 7.28. The molecule has 0 unspecified atom stereocenters. The predicted molar refractivity (Wildman–Crippen MR) is 129 cm³/mol. The van der Waals surface area contributed by atoms with Gasteiger partial charge >= 0.3 is 5.97 Å². The molecule has 5 nitrogen and oxygen atoms in total. The third-order valence-electron chi connectivity index (χ3n) is 6.98. The number of ether oxygens (including phenoxy) is 3. The molecule has 1 aliphatic heterocycles. The van der Waals surface area contributed by atoms with E-state index in [1.807, 2.05) is 32.9 Å². The van der Waals surface area contributed by atoms with Crippen molar-refractivity contribution in [3.63, 3.8) is 0 Å². The van der Waals surface area contributed by atoms with Crippen LogP contribution in [0, 0.1) is 5.92 Å². The van der Waals surface area contributed by atoms with Gasteiger partial charge in [-0.1, -0.05) is 39.0 Å². The van der Waals surface area contributed by atoms with Crippen LogP contribution in [0.5, 0.6) is 5.75 Å². The Morgan fingerprint density at radius 2 is 1.97 bits per heavy atom. The maximum atomic E-state index is 12.5. The second-order valence-corrected chi connectivity index (χ2v) is 15.7. The molecular weight excluding hydrogens is 420 g/mol. The van der Waals surface area contributed by atoms with Gasteiger partial charge in [0.2, 0.25) is 8.32 Å². The highest BCUT2D eigenvalue weighted by Gasteiger charge is 2.50. The minimum atomic E-state index is -1.88. The van der Waals surface area contributed by atoms with Gasteiger partial charge in [-0.2, -0.15) is 0 Å². The van der Waals surface area contributed by atoms with E-state index in [0.717, 1.165) is 23.3 Å². The quantitative estimate of drug-likeness (QED) is 0.282. The van der Waals surface area contributed by atoms with E-state index in [4.69, 9.17) is 18.6 Å². The van der Waals surface area contributed by atoms with Crippen LogP contribution in [0.15, 0.2) is 35.9 Å². The molecule has 1 aromatic carbocycles. The van der Waals surface area contributed by atoms with Gasteiger partial charge in [-0.05, 0) is 74.5 Å². The number of rotatable bonds is 7. The zero-order valence-electron chi connectivity index (χ0n) is 21.0. The Morgan fingerprint density at radius 3 is 2.62 bits per heavy atom. The highest BCUT2D eigenvalue weighted by atomic mass is 28.4. The molecule has 0 N–H and O–H groups in total. The Hall–Kier alpha value is -1.63. The normalized spacial score (nSPS) is 26.2. The number of benzene rings is 1. The largest absolute Gasteiger partial charge is 0.543 e. The zero-order valence-corrected chi connectivity index (χ0v) is 22.0. The lowest BCUT2D eigenvalue weighted by Crippen LogP contribution is -2.43. The first kappa shape index (κ1) is 25.0. The molecule has 0 aromatic heterocycles. The summed E-state index contributed by atoms with van der Waals surface area (Å²) < 4.78 is 24.0. The van der Waals surface area contributed by atoms with Crippen LogP contribution in [-0.2, 0) is 25.4 Å². The molecule has 1 aliphatic carbocycles. The molecule has 2 aliphatic rings. The van der Waals surface area contributed by atoms with Crippen molar-refractivity contribution >= 4 is 14.3 Å². The lowest BCUT2D eigenvalue weighted by molar-refractivity contribution is -0.151. The van der Waals surface area contributed by atoms with Crippen LogP contribution < -0.4 is 4.43 Å². The van der Waals surface area contributed by atoms with E-state index >= 15 is 0 Å². The van der Waals surface area contributed by atoms with E-state index in [9.17, 15) is 4.79 Å². The number of esters is 1. The van der Waals surface area contributed by atoms with Crippen molar-refractivity contribution in [2.24, 2.45) is 5.92 Å². The summed E-state index contributed by atoms with van der Waals surface area (Å²) in [5.41, 5.74) is 2.27. The standard InChI is InChI=1S/C26H40O5Si/c1-9-21-19(16-22-24(21)30-26(5,6)29-22)17-23(27)28-14-13-18-11-10-12-20(15-18)31-32(7,8)25(2,3)4/h9-12,15,19,22,24H,13-14,16-17H2,1-8H3/b21-9+/t19-,22+,24-/m0/s1. The molecule has 32 heavy (non-hydrogen) atoms. The van der Waals surface area contributed by atoms with Gasteiger partial charge < -0.3 is 18.6 Å². The Bertz CT molecular complexity index is 852. The highest BCUT2D eigenvalue weighted by molar-refractivity contribution is 6.74. The first-order chi connectivity index (χ1) is 14.8. The fourth-order valence-corrected chi connectivity index (χ4v) is 5.32. The third-order valence-corrected chi connectivity index (χ3v) is 11.3. The monoisotopic (exact) mass is 460 g/mol. The number of carbonyl (C=O) groups excluding carboxylic acids is 1. The van der Waals surface area contributed by atoms with Crippen molar-refractivity contribution in [1.29, 1.82) is 0 Å². The van der Waals surface area contributed by atoms with Crippen LogP contribution in [0.3, 0.4) is 0 Å². The maximum absolute atomic E-state index is 12.5. The minimum absolute atomic E-state index is 0.0256. The van der Waals surface area contributed by atoms with Crippen molar-refractivity contribution in [1.82, 2.24) is 0 Å². The molecule has 0 amide bonds. The summed E-state index contributed by atoms with van der Waals surface area (Å²) in [5.74, 6) is 0.304. The number of hydrogen-bond donors (Lipinski definition) is 0. The molecular formula is C26H40O5Si. The van der Waals surface area contributed by atoms with Gasteiger partial charge in [0, 0.05) is 6.42 Å². The molecule has 6 heteroatoms. The highest BCUT2D eigenvalue weighted by Crippen LogP contribution is 2.45. The fraction of sp³-hybridized carbons (Fsp3) is 0.654. The maximum Gasteiger partial charge on any atom is 0.306 e. The molecule has 2 fully saturated rings. The van der Waals surface area contributed by atoms with Gasteiger partial charge in [0.1, 0.15) is 11.9 Å². The minimum Gasteiger partial charge on any atom is -0.543 e. The van der Waals surface area contributed by atoms with Gasteiger partial charge in [-0.15, -0.1) is 0 Å². The molecule has 1 saturated carbocycles. The first-order valence-corrected chi connectivity index (χ1v) is 14.7. The summed E-state index contributed by atoms with van der Waals surface area (Å²) in [4.78, 5) is 12.5. The van der Waals surface area contributed by atoms with Crippen LogP contribution in [0.4, 0.5) is 0 Å². The molecule has 1 heterocycles. The van der Waals surface area contributed by atoms with E-state index in [2.05, 4.69) is 52.1 Å². The first-order valence-electron chi connectivity index (χ1n) is 11.8. The van der Waals surface area contributed by atoms with Crippen molar-refractivity contribution in [2.75, 3.05) is 6.61 Å². The van der Waals surface area contributed by atoms with E-state index < -0.39 is 14.1 Å². The van der Waals surface area contributed by atoms with Crippen LogP contribution in [0.25, 0.3) is 0 Å². The average Bonchev–Trinajstić information content (AvgIpc) is 3.11. The Labute approximate surface area is 194 Å². The lowest BCUT2D eigenvalue weighted by Gasteiger charge is -2.36. The summed E-state index contributed by atoms with van der Waals surface area (Å²) in [6, 6.07) is 8.15. The Morgan fingerprint density at radius 1 is 1.25 bits per heavy atom. The molecule has 1 aromatic rings. The molecule has 3 atom stereocenters. The predicted octanol–water partition coefficient (Wildman–Crippen LogP) is 6.03. The van der Waals surface area contributed by atoms with Crippen LogP contribution >= 0.6 is 0 Å². The Balaban J connectivity index is 1.49.